The molecule has 0 N–H and O–H groups in total. The van der Waals surface area contributed by atoms with Crippen LogP contribution in [0.25, 0.3) is 0 Å². The van der Waals surface area contributed by atoms with Gasteiger partial charge in [0.15, 0.2) is 0 Å². The minimum Gasteiger partial charge on any atom is -0.748 e. The standard InChI is InChI=1S/C11H24N.CH4O3S/c1-3-4-5-6-9-12(2)10-7-8-11-12;1-5(2,3)4/h3-11H2,1-2H3;1H3,(H,2,3,4)/q+1;/p-1. The Balaban J connectivity index is 0.000000437. The summed E-state index contributed by atoms with van der Waals surface area (Å²) in [6.07, 6.45) is 9.22. The zero-order valence-electron chi connectivity index (χ0n) is 11.4. The average molecular weight is 265 g/mol. The summed E-state index contributed by atoms with van der Waals surface area (Å²) in [7, 11) is -1.49. The number of quaternary nitrogens is 1. The molecule has 0 aromatic rings. The fraction of sp³-hybridized carbons (Fsp3) is 1.00. The molecule has 1 saturated heterocycles. The highest BCUT2D eigenvalue weighted by Gasteiger charge is 2.25. The Hall–Kier alpha value is -0.130. The van der Waals surface area contributed by atoms with Gasteiger partial charge in [-0.2, -0.15) is 0 Å². The second-order valence-corrected chi connectivity index (χ2v) is 6.67. The summed E-state index contributed by atoms with van der Waals surface area (Å²) in [5.41, 5.74) is 0. The monoisotopic (exact) mass is 265 g/mol. The summed E-state index contributed by atoms with van der Waals surface area (Å²) in [5.74, 6) is 0. The van der Waals surface area contributed by atoms with Gasteiger partial charge in [-0.1, -0.05) is 19.8 Å². The van der Waals surface area contributed by atoms with Gasteiger partial charge in [0.25, 0.3) is 0 Å². The second-order valence-electron chi connectivity index (χ2n) is 5.26. The topological polar surface area (TPSA) is 57.2 Å². The molecule has 0 unspecified atom stereocenters. The lowest BCUT2D eigenvalue weighted by molar-refractivity contribution is -0.897. The molecule has 5 heteroatoms. The van der Waals surface area contributed by atoms with E-state index in [1.807, 2.05) is 0 Å². The van der Waals surface area contributed by atoms with Crippen LogP contribution in [0.2, 0.25) is 0 Å². The molecule has 0 amide bonds. The Morgan fingerprint density at radius 3 is 2.00 bits per heavy atom. The fourth-order valence-electron chi connectivity index (χ4n) is 2.24. The highest BCUT2D eigenvalue weighted by atomic mass is 32.2. The molecule has 4 nitrogen and oxygen atoms in total. The van der Waals surface area contributed by atoms with Crippen LogP contribution in [0.15, 0.2) is 0 Å². The minimum absolute atomic E-state index is 0.604. The first kappa shape index (κ1) is 16.9. The molecule has 1 fully saturated rings. The molecule has 0 aromatic heterocycles. The van der Waals surface area contributed by atoms with Crippen molar-refractivity contribution < 1.29 is 17.5 Å². The van der Waals surface area contributed by atoms with E-state index in [1.54, 1.807) is 0 Å². The number of unbranched alkanes of at least 4 members (excludes halogenated alkanes) is 3. The van der Waals surface area contributed by atoms with E-state index in [-0.39, 0.29) is 0 Å². The van der Waals surface area contributed by atoms with Crippen LogP contribution in [0.5, 0.6) is 0 Å². The van der Waals surface area contributed by atoms with Gasteiger partial charge in [-0.25, -0.2) is 8.42 Å². The molecule has 0 aliphatic carbocycles. The van der Waals surface area contributed by atoms with Gasteiger partial charge < -0.3 is 9.04 Å². The van der Waals surface area contributed by atoms with Gasteiger partial charge in [-0.3, -0.25) is 0 Å². The summed E-state index contributed by atoms with van der Waals surface area (Å²) >= 11 is 0. The first-order chi connectivity index (χ1) is 7.77. The van der Waals surface area contributed by atoms with Crippen molar-refractivity contribution in [3.8, 4) is 0 Å². The van der Waals surface area contributed by atoms with Crippen molar-refractivity contribution in [2.75, 3.05) is 32.9 Å². The minimum atomic E-state index is -3.92. The van der Waals surface area contributed by atoms with Crippen LogP contribution in [-0.2, 0) is 10.1 Å². The smallest absolute Gasteiger partial charge is 0.0916 e. The van der Waals surface area contributed by atoms with E-state index in [0.29, 0.717) is 6.26 Å². The average Bonchev–Trinajstić information content (AvgIpc) is 2.58. The molecule has 1 aliphatic heterocycles. The SMILES string of the molecule is CCCCCC[N+]1(C)CCCC1.CS(=O)(=O)[O-]. The largest absolute Gasteiger partial charge is 0.748 e. The normalized spacial score (nSPS) is 18.6. The van der Waals surface area contributed by atoms with Crippen molar-refractivity contribution in [2.24, 2.45) is 0 Å². The number of rotatable bonds is 5. The molecule has 0 saturated carbocycles. The van der Waals surface area contributed by atoms with Crippen LogP contribution in [0.4, 0.5) is 0 Å². The Labute approximate surface area is 106 Å². The van der Waals surface area contributed by atoms with Crippen molar-refractivity contribution in [1.29, 1.82) is 0 Å². The third kappa shape index (κ3) is 12.1. The van der Waals surface area contributed by atoms with Crippen molar-refractivity contribution in [3.63, 3.8) is 0 Å². The maximum absolute atomic E-state index is 9.08. The van der Waals surface area contributed by atoms with E-state index in [2.05, 4.69) is 14.0 Å². The Bertz CT molecular complexity index is 274. The fourth-order valence-corrected chi connectivity index (χ4v) is 2.24. The van der Waals surface area contributed by atoms with Crippen molar-refractivity contribution in [1.82, 2.24) is 0 Å². The van der Waals surface area contributed by atoms with Gasteiger partial charge in [0, 0.05) is 19.1 Å². The van der Waals surface area contributed by atoms with Gasteiger partial charge in [-0.15, -0.1) is 0 Å². The van der Waals surface area contributed by atoms with E-state index < -0.39 is 10.1 Å². The molecule has 0 spiro atoms. The lowest BCUT2D eigenvalue weighted by Gasteiger charge is -2.29. The summed E-state index contributed by atoms with van der Waals surface area (Å²) < 4.78 is 28.6. The van der Waals surface area contributed by atoms with E-state index >= 15 is 0 Å². The highest BCUT2D eigenvalue weighted by molar-refractivity contribution is 7.84. The number of hydrogen-bond acceptors (Lipinski definition) is 3. The van der Waals surface area contributed by atoms with E-state index in [1.165, 1.54) is 62.6 Å². The molecule has 104 valence electrons. The quantitative estimate of drug-likeness (QED) is 0.434. The van der Waals surface area contributed by atoms with E-state index in [4.69, 9.17) is 13.0 Å². The van der Waals surface area contributed by atoms with Crippen LogP contribution in [0.1, 0.15) is 45.4 Å². The molecular weight excluding hydrogens is 238 g/mol. The molecule has 1 rings (SSSR count). The lowest BCUT2D eigenvalue weighted by atomic mass is 10.2. The van der Waals surface area contributed by atoms with Crippen LogP contribution >= 0.6 is 0 Å². The maximum Gasteiger partial charge on any atom is 0.0916 e. The van der Waals surface area contributed by atoms with Crippen LogP contribution in [0, 0.1) is 0 Å². The zero-order valence-corrected chi connectivity index (χ0v) is 12.3. The molecule has 0 aromatic carbocycles. The Morgan fingerprint density at radius 1 is 1.12 bits per heavy atom. The van der Waals surface area contributed by atoms with Crippen LogP contribution in [-0.4, -0.2) is 50.4 Å². The maximum atomic E-state index is 9.08. The van der Waals surface area contributed by atoms with E-state index in [9.17, 15) is 0 Å². The molecule has 1 aliphatic rings. The van der Waals surface area contributed by atoms with Crippen molar-refractivity contribution in [2.45, 2.75) is 45.4 Å². The number of likely N-dealkylation sites (tertiary alicyclic amines) is 1. The first-order valence-electron chi connectivity index (χ1n) is 6.51. The van der Waals surface area contributed by atoms with Gasteiger partial charge in [0.2, 0.25) is 0 Å². The third-order valence-electron chi connectivity index (χ3n) is 3.20. The summed E-state index contributed by atoms with van der Waals surface area (Å²) in [6, 6.07) is 0. The summed E-state index contributed by atoms with van der Waals surface area (Å²) in [4.78, 5) is 0. The van der Waals surface area contributed by atoms with Gasteiger partial charge in [0.05, 0.1) is 36.8 Å². The first-order valence-corrected chi connectivity index (χ1v) is 8.33. The predicted molar refractivity (Wildman–Crippen MR) is 69.8 cm³/mol. The summed E-state index contributed by atoms with van der Waals surface area (Å²) in [6.45, 7) is 6.59. The van der Waals surface area contributed by atoms with Crippen molar-refractivity contribution >= 4 is 10.1 Å². The molecule has 0 radical (unpaired) electrons. The predicted octanol–water partition coefficient (Wildman–Crippen LogP) is 1.97. The van der Waals surface area contributed by atoms with Gasteiger partial charge >= 0.3 is 0 Å². The highest BCUT2D eigenvalue weighted by Crippen LogP contribution is 2.17. The Morgan fingerprint density at radius 2 is 1.59 bits per heavy atom. The molecule has 0 atom stereocenters. The lowest BCUT2D eigenvalue weighted by Crippen LogP contribution is -2.41. The van der Waals surface area contributed by atoms with Gasteiger partial charge in [-0.05, 0) is 12.8 Å². The van der Waals surface area contributed by atoms with Crippen LogP contribution < -0.4 is 0 Å². The van der Waals surface area contributed by atoms with Crippen molar-refractivity contribution in [3.05, 3.63) is 0 Å². The molecular formula is C12H27NO3S. The summed E-state index contributed by atoms with van der Waals surface area (Å²) in [5, 5.41) is 0. The molecule has 1 heterocycles. The molecule has 0 bridgehead atoms. The van der Waals surface area contributed by atoms with Crippen LogP contribution in [0.3, 0.4) is 0 Å². The van der Waals surface area contributed by atoms with E-state index in [0.717, 1.165) is 0 Å². The second kappa shape index (κ2) is 8.06. The number of nitrogens with zero attached hydrogens (tertiary/aromatic N) is 1. The number of hydrogen-bond donors (Lipinski definition) is 0. The molecule has 17 heavy (non-hydrogen) atoms. The van der Waals surface area contributed by atoms with Gasteiger partial charge in [0.1, 0.15) is 0 Å². The zero-order chi connectivity index (χ0) is 13.4. The third-order valence-corrected chi connectivity index (χ3v) is 3.20. The Kier molecular flexibility index (Phi) is 8.00.